The van der Waals surface area contributed by atoms with Crippen LogP contribution in [0.4, 0.5) is 0 Å². The van der Waals surface area contributed by atoms with E-state index in [-0.39, 0.29) is 5.41 Å². The highest BCUT2D eigenvalue weighted by atomic mass is 16.4. The van der Waals surface area contributed by atoms with Crippen LogP contribution in [0.15, 0.2) is 0 Å². The summed E-state index contributed by atoms with van der Waals surface area (Å²) in [5.74, 6) is -0.719. The van der Waals surface area contributed by atoms with Gasteiger partial charge in [0.05, 0.1) is 6.42 Å². The van der Waals surface area contributed by atoms with Crippen molar-refractivity contribution in [3.8, 4) is 0 Å². The summed E-state index contributed by atoms with van der Waals surface area (Å²) in [6.07, 6.45) is 30.1. The second-order valence-electron chi connectivity index (χ2n) is 9.75. The predicted molar refractivity (Wildman–Crippen MR) is 133 cm³/mol. The maximum Gasteiger partial charge on any atom is 0.307 e. The summed E-state index contributed by atoms with van der Waals surface area (Å²) < 4.78 is 0. The fourth-order valence-corrected chi connectivity index (χ4v) is 4.76. The Morgan fingerprint density at radius 2 is 0.833 bits per heavy atom. The lowest BCUT2D eigenvalue weighted by molar-refractivity contribution is -0.134. The molecule has 2 nitrogen and oxygen atoms in total. The lowest BCUT2D eigenvalue weighted by atomic mass is 9.72. The Labute approximate surface area is 190 Å². The van der Waals surface area contributed by atoms with Crippen LogP contribution in [-0.2, 0) is 4.79 Å². The fraction of sp³-hybridized carbons (Fsp3) is 0.929. The molecule has 0 heterocycles. The van der Waals surface area contributed by atoms with E-state index in [9.17, 15) is 9.90 Å². The van der Waals surface area contributed by atoms with E-state index in [0.29, 0.717) is 0 Å². The summed E-state index contributed by atoms with van der Waals surface area (Å²) in [7, 11) is 0. The van der Waals surface area contributed by atoms with Crippen molar-refractivity contribution in [1.82, 2.24) is 0 Å². The zero-order valence-corrected chi connectivity index (χ0v) is 21.0. The molecule has 0 saturated carbocycles. The van der Waals surface area contributed by atoms with E-state index in [0.717, 1.165) is 44.9 Å². The zero-order chi connectivity index (χ0) is 22.3. The molecule has 30 heavy (non-hydrogen) atoms. The van der Waals surface area contributed by atoms with Gasteiger partial charge in [-0.3, -0.25) is 4.79 Å². The third-order valence-corrected chi connectivity index (χ3v) is 6.76. The molecule has 179 valence electrons. The van der Waals surface area contributed by atoms with E-state index in [1.807, 2.05) is 0 Å². The molecule has 0 atom stereocenters. The Balaban J connectivity index is 3.79. The van der Waals surface area contributed by atoms with Crippen molar-refractivity contribution in [2.24, 2.45) is 5.41 Å². The molecule has 0 unspecified atom stereocenters. The van der Waals surface area contributed by atoms with E-state index in [1.165, 1.54) is 96.3 Å². The topological polar surface area (TPSA) is 37.3 Å². The summed E-state index contributed by atoms with van der Waals surface area (Å²) in [6.45, 7) is 6.70. The van der Waals surface area contributed by atoms with E-state index >= 15 is 0 Å². The average molecular weight is 424 g/mol. The summed E-state index contributed by atoms with van der Waals surface area (Å²) >= 11 is 0. The van der Waals surface area contributed by atoms with Gasteiger partial charge in [-0.15, -0.1) is 0 Å². The molecular formula is C28H55O2. The minimum Gasteiger partial charge on any atom is -0.481 e. The number of aliphatic carboxylic acids is 1. The van der Waals surface area contributed by atoms with Gasteiger partial charge in [-0.05, 0) is 24.7 Å². The SMILES string of the molecule is CCCCCCCCCCCCCCCCCC([CH]C(=O)O)(CCCC)CCCC. The van der Waals surface area contributed by atoms with Crippen LogP contribution in [0.2, 0.25) is 0 Å². The van der Waals surface area contributed by atoms with Crippen molar-refractivity contribution in [2.75, 3.05) is 0 Å². The van der Waals surface area contributed by atoms with Crippen molar-refractivity contribution in [3.05, 3.63) is 6.42 Å². The number of unbranched alkanes of at least 4 members (excludes halogenated alkanes) is 16. The Bertz CT molecular complexity index is 356. The van der Waals surface area contributed by atoms with Crippen molar-refractivity contribution < 1.29 is 9.90 Å². The maximum absolute atomic E-state index is 11.4. The lowest BCUT2D eigenvalue weighted by Gasteiger charge is -2.32. The number of carboxylic acid groups (broad SMARTS) is 1. The normalized spacial score (nSPS) is 11.8. The molecule has 0 rings (SSSR count). The van der Waals surface area contributed by atoms with Gasteiger partial charge >= 0.3 is 5.97 Å². The molecule has 0 fully saturated rings. The predicted octanol–water partition coefficient (Wildman–Crippen LogP) is 9.90. The van der Waals surface area contributed by atoms with Crippen LogP contribution in [0.5, 0.6) is 0 Å². The van der Waals surface area contributed by atoms with E-state index in [2.05, 4.69) is 20.8 Å². The van der Waals surface area contributed by atoms with Gasteiger partial charge in [-0.2, -0.15) is 0 Å². The highest BCUT2D eigenvalue weighted by Crippen LogP contribution is 2.39. The van der Waals surface area contributed by atoms with Crippen LogP contribution in [0.1, 0.15) is 162 Å². The smallest absolute Gasteiger partial charge is 0.307 e. The summed E-state index contributed by atoms with van der Waals surface area (Å²) in [5, 5.41) is 9.42. The maximum atomic E-state index is 11.4. The van der Waals surface area contributed by atoms with Crippen LogP contribution < -0.4 is 0 Å². The first-order chi connectivity index (χ1) is 14.6. The Kier molecular flexibility index (Phi) is 21.3. The van der Waals surface area contributed by atoms with Crippen LogP contribution in [0.25, 0.3) is 0 Å². The van der Waals surface area contributed by atoms with Crippen molar-refractivity contribution in [1.29, 1.82) is 0 Å². The van der Waals surface area contributed by atoms with Crippen molar-refractivity contribution in [2.45, 2.75) is 162 Å². The molecule has 0 saturated heterocycles. The van der Waals surface area contributed by atoms with E-state index < -0.39 is 5.97 Å². The second-order valence-corrected chi connectivity index (χ2v) is 9.75. The number of carboxylic acids is 1. The summed E-state index contributed by atoms with van der Waals surface area (Å²) in [6, 6.07) is 0. The molecule has 0 spiro atoms. The monoisotopic (exact) mass is 423 g/mol. The molecule has 1 radical (unpaired) electrons. The largest absolute Gasteiger partial charge is 0.481 e. The average Bonchev–Trinajstić information content (AvgIpc) is 2.73. The highest BCUT2D eigenvalue weighted by Gasteiger charge is 2.31. The molecule has 0 aromatic heterocycles. The first kappa shape index (κ1) is 29.5. The van der Waals surface area contributed by atoms with Gasteiger partial charge in [-0.25, -0.2) is 0 Å². The third-order valence-electron chi connectivity index (χ3n) is 6.76. The van der Waals surface area contributed by atoms with Gasteiger partial charge in [0, 0.05) is 0 Å². The zero-order valence-electron chi connectivity index (χ0n) is 21.0. The molecular weight excluding hydrogens is 368 g/mol. The number of carbonyl (C=O) groups is 1. The number of hydrogen-bond acceptors (Lipinski definition) is 1. The van der Waals surface area contributed by atoms with Crippen LogP contribution in [0.3, 0.4) is 0 Å². The standard InChI is InChI=1S/C28H55O2/c1-4-7-10-11-12-13-14-15-16-17-18-19-20-21-22-25-28(23-8-5-2,24-9-6-3)26-27(29)30/h26H,4-25H2,1-3H3,(H,29,30). The number of rotatable bonds is 24. The van der Waals surface area contributed by atoms with Gasteiger partial charge in [0.2, 0.25) is 0 Å². The second kappa shape index (κ2) is 21.7. The fourth-order valence-electron chi connectivity index (χ4n) is 4.76. The summed E-state index contributed by atoms with van der Waals surface area (Å²) in [4.78, 5) is 11.4. The molecule has 0 bridgehead atoms. The molecule has 0 aromatic carbocycles. The van der Waals surface area contributed by atoms with E-state index in [4.69, 9.17) is 0 Å². The molecule has 1 N–H and O–H groups in total. The highest BCUT2D eigenvalue weighted by molar-refractivity contribution is 5.77. The Hall–Kier alpha value is -0.530. The third kappa shape index (κ3) is 18.3. The first-order valence-corrected chi connectivity index (χ1v) is 13.7. The number of hydrogen-bond donors (Lipinski definition) is 1. The molecule has 0 aliphatic carbocycles. The van der Waals surface area contributed by atoms with Gasteiger partial charge in [0.25, 0.3) is 0 Å². The van der Waals surface area contributed by atoms with Crippen molar-refractivity contribution in [3.63, 3.8) is 0 Å². The minimum atomic E-state index is -0.719. The van der Waals surface area contributed by atoms with Crippen LogP contribution in [-0.4, -0.2) is 11.1 Å². The Morgan fingerprint density at radius 1 is 0.533 bits per heavy atom. The van der Waals surface area contributed by atoms with Gasteiger partial charge in [0.1, 0.15) is 0 Å². The Morgan fingerprint density at radius 3 is 1.17 bits per heavy atom. The lowest BCUT2D eigenvalue weighted by Crippen LogP contribution is -2.26. The van der Waals surface area contributed by atoms with Gasteiger partial charge < -0.3 is 5.11 Å². The molecule has 0 amide bonds. The van der Waals surface area contributed by atoms with Crippen LogP contribution in [0, 0.1) is 11.8 Å². The van der Waals surface area contributed by atoms with Gasteiger partial charge in [-0.1, -0.05) is 143 Å². The minimum absolute atomic E-state index is 0.0611. The van der Waals surface area contributed by atoms with E-state index in [1.54, 1.807) is 6.42 Å². The van der Waals surface area contributed by atoms with Crippen molar-refractivity contribution >= 4 is 5.97 Å². The molecule has 0 aliphatic heterocycles. The summed E-state index contributed by atoms with van der Waals surface area (Å²) in [5.41, 5.74) is -0.0611. The first-order valence-electron chi connectivity index (χ1n) is 13.7. The van der Waals surface area contributed by atoms with Gasteiger partial charge in [0.15, 0.2) is 0 Å². The molecule has 2 heteroatoms. The molecule has 0 aromatic rings. The molecule has 0 aliphatic rings. The van der Waals surface area contributed by atoms with Crippen LogP contribution >= 0.6 is 0 Å². The quantitative estimate of drug-likeness (QED) is 0.157.